The monoisotopic (exact) mass is 197 g/mol. The third kappa shape index (κ3) is 2.35. The first kappa shape index (κ1) is 10.3. The topological polar surface area (TPSA) is 81.1 Å². The molecule has 0 radical (unpaired) electrons. The molecule has 1 aromatic carbocycles. The molecule has 1 rings (SSSR count). The maximum Gasteiger partial charge on any atom is 0.239 e. The van der Waals surface area contributed by atoms with Gasteiger partial charge in [0.2, 0.25) is 5.91 Å². The normalized spacial score (nSPS) is 12.1. The highest BCUT2D eigenvalue weighted by Crippen LogP contribution is 2.17. The molecule has 1 atom stereocenters. The Morgan fingerprint density at radius 1 is 1.57 bits per heavy atom. The summed E-state index contributed by atoms with van der Waals surface area (Å²) >= 11 is 0. The molecular weight excluding hydrogens is 185 g/mol. The smallest absolute Gasteiger partial charge is 0.239 e. The lowest BCUT2D eigenvalue weighted by atomic mass is 10.2. The van der Waals surface area contributed by atoms with Gasteiger partial charge in [0.15, 0.2) is 0 Å². The summed E-state index contributed by atoms with van der Waals surface area (Å²) in [6.45, 7) is 1.55. The number of nitrogens with two attached hydrogens (primary N) is 2. The lowest BCUT2D eigenvalue weighted by Gasteiger charge is -2.12. The van der Waals surface area contributed by atoms with Crippen molar-refractivity contribution in [2.24, 2.45) is 5.73 Å². The van der Waals surface area contributed by atoms with Gasteiger partial charge in [-0.3, -0.25) is 4.79 Å². The number of primary amides is 1. The summed E-state index contributed by atoms with van der Waals surface area (Å²) < 4.78 is 13.2. The molecule has 1 amide bonds. The van der Waals surface area contributed by atoms with Crippen molar-refractivity contribution in [2.45, 2.75) is 13.0 Å². The van der Waals surface area contributed by atoms with Crippen LogP contribution in [0.1, 0.15) is 6.92 Å². The summed E-state index contributed by atoms with van der Waals surface area (Å²) in [7, 11) is 0. The van der Waals surface area contributed by atoms with Crippen LogP contribution in [0.25, 0.3) is 0 Å². The van der Waals surface area contributed by atoms with Crippen LogP contribution in [-0.2, 0) is 4.79 Å². The molecule has 0 bridgehead atoms. The van der Waals surface area contributed by atoms with Crippen LogP contribution >= 0.6 is 0 Å². The van der Waals surface area contributed by atoms with E-state index in [0.717, 1.165) is 0 Å². The molecule has 0 aliphatic rings. The Kier molecular flexibility index (Phi) is 2.91. The van der Waals surface area contributed by atoms with E-state index in [1.807, 2.05) is 0 Å². The minimum absolute atomic E-state index is 0.213. The first-order valence-electron chi connectivity index (χ1n) is 4.11. The maximum atomic E-state index is 13.2. The first-order chi connectivity index (χ1) is 6.50. The van der Waals surface area contributed by atoms with Crippen molar-refractivity contribution in [3.05, 3.63) is 24.0 Å². The molecule has 0 aliphatic carbocycles. The Labute approximate surface area is 81.1 Å². The van der Waals surface area contributed by atoms with E-state index >= 15 is 0 Å². The molecule has 14 heavy (non-hydrogen) atoms. The highest BCUT2D eigenvalue weighted by molar-refractivity contribution is 5.82. The van der Waals surface area contributed by atoms with E-state index < -0.39 is 17.8 Å². The number of nitrogen functional groups attached to an aromatic ring is 1. The number of hydrogen-bond acceptors (Lipinski definition) is 3. The fourth-order valence-corrected chi connectivity index (χ4v) is 0.953. The molecule has 0 aliphatic heterocycles. The average molecular weight is 197 g/mol. The first-order valence-corrected chi connectivity index (χ1v) is 4.11. The Balaban J connectivity index is 2.82. The lowest BCUT2D eigenvalue weighted by Crippen LogP contribution is -2.32. The van der Waals surface area contributed by atoms with Gasteiger partial charge >= 0.3 is 0 Å². The molecule has 1 unspecified atom stereocenters. The largest absolute Gasteiger partial charge is 0.399 e. The van der Waals surface area contributed by atoms with Gasteiger partial charge in [-0.2, -0.15) is 0 Å². The van der Waals surface area contributed by atoms with Crippen LogP contribution in [-0.4, -0.2) is 11.9 Å². The summed E-state index contributed by atoms with van der Waals surface area (Å²) in [4.78, 5) is 10.7. The zero-order valence-electron chi connectivity index (χ0n) is 7.75. The van der Waals surface area contributed by atoms with Gasteiger partial charge < -0.3 is 16.8 Å². The molecule has 0 saturated heterocycles. The van der Waals surface area contributed by atoms with Crippen LogP contribution in [0.2, 0.25) is 0 Å². The minimum atomic E-state index is -0.617. The average Bonchev–Trinajstić information content (AvgIpc) is 2.09. The molecule has 4 nitrogen and oxygen atoms in total. The molecule has 76 valence electrons. The molecule has 0 heterocycles. The molecule has 0 aromatic heterocycles. The summed E-state index contributed by atoms with van der Waals surface area (Å²) in [5.74, 6) is -1.04. The van der Waals surface area contributed by atoms with E-state index in [-0.39, 0.29) is 5.69 Å². The van der Waals surface area contributed by atoms with E-state index in [2.05, 4.69) is 5.32 Å². The number of nitrogens with one attached hydrogen (secondary N) is 1. The Hall–Kier alpha value is -1.78. The quantitative estimate of drug-likeness (QED) is 0.624. The standard InChI is InChI=1S/C9H12FN3O/c1-5(9(12)14)13-8-3-2-6(11)4-7(8)10/h2-5,13H,11H2,1H3,(H2,12,14). The van der Waals surface area contributed by atoms with E-state index in [9.17, 15) is 9.18 Å². The van der Waals surface area contributed by atoms with Gasteiger partial charge in [0, 0.05) is 5.69 Å². The second-order valence-corrected chi connectivity index (χ2v) is 3.01. The Morgan fingerprint density at radius 3 is 2.71 bits per heavy atom. The number of carbonyl (C=O) groups excluding carboxylic acids is 1. The van der Waals surface area contributed by atoms with Gasteiger partial charge in [0.25, 0.3) is 0 Å². The van der Waals surface area contributed by atoms with E-state index in [0.29, 0.717) is 5.69 Å². The number of benzene rings is 1. The molecule has 1 aromatic rings. The van der Waals surface area contributed by atoms with Crippen molar-refractivity contribution in [1.82, 2.24) is 0 Å². The SMILES string of the molecule is CC(Nc1ccc(N)cc1F)C(N)=O. The van der Waals surface area contributed by atoms with E-state index in [1.54, 1.807) is 13.0 Å². The molecule has 0 fully saturated rings. The third-order valence-electron chi connectivity index (χ3n) is 1.79. The predicted octanol–water partition coefficient (Wildman–Crippen LogP) is 0.694. The summed E-state index contributed by atoms with van der Waals surface area (Å²) in [5.41, 5.74) is 10.9. The van der Waals surface area contributed by atoms with Crippen LogP contribution < -0.4 is 16.8 Å². The van der Waals surface area contributed by atoms with Gasteiger partial charge in [-0.25, -0.2) is 4.39 Å². The number of anilines is 2. The zero-order chi connectivity index (χ0) is 10.7. The summed E-state index contributed by atoms with van der Waals surface area (Å²) in [6, 6.07) is 3.56. The van der Waals surface area contributed by atoms with Crippen LogP contribution in [0.4, 0.5) is 15.8 Å². The highest BCUT2D eigenvalue weighted by atomic mass is 19.1. The van der Waals surface area contributed by atoms with Crippen molar-refractivity contribution in [3.63, 3.8) is 0 Å². The van der Waals surface area contributed by atoms with E-state index in [4.69, 9.17) is 11.5 Å². The number of rotatable bonds is 3. The van der Waals surface area contributed by atoms with Gasteiger partial charge in [0.1, 0.15) is 11.9 Å². The molecular formula is C9H12FN3O. The van der Waals surface area contributed by atoms with E-state index in [1.165, 1.54) is 12.1 Å². The van der Waals surface area contributed by atoms with Crippen molar-refractivity contribution < 1.29 is 9.18 Å². The molecule has 5 N–H and O–H groups in total. The number of hydrogen-bond donors (Lipinski definition) is 3. The lowest BCUT2D eigenvalue weighted by molar-refractivity contribution is -0.118. The van der Waals surface area contributed by atoms with Crippen LogP contribution in [0, 0.1) is 5.82 Å². The number of carbonyl (C=O) groups is 1. The van der Waals surface area contributed by atoms with Crippen molar-refractivity contribution in [3.8, 4) is 0 Å². The highest BCUT2D eigenvalue weighted by Gasteiger charge is 2.10. The minimum Gasteiger partial charge on any atom is -0.399 e. The molecule has 0 saturated carbocycles. The van der Waals surface area contributed by atoms with Crippen LogP contribution in [0.15, 0.2) is 18.2 Å². The van der Waals surface area contributed by atoms with Crippen molar-refractivity contribution >= 4 is 17.3 Å². The van der Waals surface area contributed by atoms with Crippen LogP contribution in [0.5, 0.6) is 0 Å². The molecule has 5 heteroatoms. The van der Waals surface area contributed by atoms with Crippen molar-refractivity contribution in [1.29, 1.82) is 0 Å². The Morgan fingerprint density at radius 2 is 2.21 bits per heavy atom. The fraction of sp³-hybridized carbons (Fsp3) is 0.222. The summed E-state index contributed by atoms with van der Waals surface area (Å²) in [6.07, 6.45) is 0. The second kappa shape index (κ2) is 3.95. The fourth-order valence-electron chi connectivity index (χ4n) is 0.953. The van der Waals surface area contributed by atoms with Gasteiger partial charge in [-0.15, -0.1) is 0 Å². The van der Waals surface area contributed by atoms with Gasteiger partial charge in [0.05, 0.1) is 5.69 Å². The maximum absolute atomic E-state index is 13.2. The predicted molar refractivity (Wildman–Crippen MR) is 53.1 cm³/mol. The number of amides is 1. The molecule has 0 spiro atoms. The van der Waals surface area contributed by atoms with Crippen LogP contribution in [0.3, 0.4) is 0 Å². The third-order valence-corrected chi connectivity index (χ3v) is 1.79. The zero-order valence-corrected chi connectivity index (χ0v) is 7.75. The van der Waals surface area contributed by atoms with Gasteiger partial charge in [-0.1, -0.05) is 0 Å². The second-order valence-electron chi connectivity index (χ2n) is 3.01. The van der Waals surface area contributed by atoms with Crippen molar-refractivity contribution in [2.75, 3.05) is 11.1 Å². The summed E-state index contributed by atoms with van der Waals surface area (Å²) in [5, 5.41) is 2.63. The Bertz CT molecular complexity index is 354. The number of halogens is 1. The van der Waals surface area contributed by atoms with Gasteiger partial charge in [-0.05, 0) is 25.1 Å².